The van der Waals surface area contributed by atoms with E-state index in [0.29, 0.717) is 23.8 Å². The summed E-state index contributed by atoms with van der Waals surface area (Å²) in [6, 6.07) is 14.6. The van der Waals surface area contributed by atoms with E-state index in [9.17, 15) is 4.79 Å². The lowest BCUT2D eigenvalue weighted by Crippen LogP contribution is -2.32. The predicted molar refractivity (Wildman–Crippen MR) is 91.9 cm³/mol. The Kier molecular flexibility index (Phi) is 6.44. The number of methoxy groups -OCH3 is 1. The van der Waals surface area contributed by atoms with Gasteiger partial charge in [0.1, 0.15) is 5.75 Å². The van der Waals surface area contributed by atoms with E-state index < -0.39 is 6.10 Å². The fraction of sp³-hybridized carbons (Fsp3) is 0.278. The third kappa shape index (κ3) is 5.27. The van der Waals surface area contributed by atoms with E-state index >= 15 is 0 Å². The second-order valence-corrected chi connectivity index (χ2v) is 5.53. The van der Waals surface area contributed by atoms with Gasteiger partial charge in [-0.3, -0.25) is 4.79 Å². The van der Waals surface area contributed by atoms with Crippen molar-refractivity contribution in [3.05, 3.63) is 59.1 Å². The van der Waals surface area contributed by atoms with Gasteiger partial charge in [0.2, 0.25) is 0 Å². The Hall–Kier alpha value is -2.04. The number of ether oxygens (including phenoxy) is 2. The normalized spacial score (nSPS) is 11.8. The largest absolute Gasteiger partial charge is 0.481 e. The molecule has 0 radical (unpaired) electrons. The van der Waals surface area contributed by atoms with Crippen molar-refractivity contribution in [1.82, 2.24) is 0 Å². The number of rotatable bonds is 7. The lowest BCUT2D eigenvalue weighted by atomic mass is 10.2. The minimum absolute atomic E-state index is 0.193. The maximum atomic E-state index is 12.4. The zero-order valence-electron chi connectivity index (χ0n) is 13.2. The number of benzene rings is 2. The standard InChI is InChI=1S/C18H20ClNO3/c1-3-17(23-16-9-5-7-14(19)11-16)18(21)20-15-8-4-6-13(10-15)12-22-2/h4-11,17H,3,12H2,1-2H3,(H,20,21)/t17-/m0/s1. The summed E-state index contributed by atoms with van der Waals surface area (Å²) in [5.74, 6) is 0.384. The minimum atomic E-state index is -0.584. The number of anilines is 1. The van der Waals surface area contributed by atoms with Crippen LogP contribution >= 0.6 is 11.6 Å². The third-order valence-electron chi connectivity index (χ3n) is 3.24. The van der Waals surface area contributed by atoms with Gasteiger partial charge in [-0.1, -0.05) is 36.7 Å². The molecule has 0 unspecified atom stereocenters. The number of hydrogen-bond acceptors (Lipinski definition) is 3. The average molecular weight is 334 g/mol. The van der Waals surface area contributed by atoms with Gasteiger partial charge < -0.3 is 14.8 Å². The van der Waals surface area contributed by atoms with Crippen molar-refractivity contribution in [2.75, 3.05) is 12.4 Å². The van der Waals surface area contributed by atoms with Gasteiger partial charge in [-0.2, -0.15) is 0 Å². The van der Waals surface area contributed by atoms with Crippen LogP contribution in [0.25, 0.3) is 0 Å². The monoisotopic (exact) mass is 333 g/mol. The molecule has 5 heteroatoms. The molecule has 0 aliphatic carbocycles. The molecule has 2 aromatic rings. The summed E-state index contributed by atoms with van der Waals surface area (Å²) < 4.78 is 10.8. The maximum absolute atomic E-state index is 12.4. The predicted octanol–water partition coefficient (Wildman–Crippen LogP) is 4.28. The second kappa shape index (κ2) is 8.56. The molecule has 0 saturated heterocycles. The molecule has 122 valence electrons. The molecule has 0 aliphatic heterocycles. The maximum Gasteiger partial charge on any atom is 0.265 e. The van der Waals surface area contributed by atoms with E-state index in [-0.39, 0.29) is 5.91 Å². The van der Waals surface area contributed by atoms with Crippen molar-refractivity contribution >= 4 is 23.2 Å². The fourth-order valence-electron chi connectivity index (χ4n) is 2.16. The Morgan fingerprint density at radius 3 is 2.70 bits per heavy atom. The zero-order chi connectivity index (χ0) is 16.7. The van der Waals surface area contributed by atoms with Crippen molar-refractivity contribution in [2.24, 2.45) is 0 Å². The Morgan fingerprint density at radius 1 is 1.22 bits per heavy atom. The number of nitrogens with one attached hydrogen (secondary N) is 1. The first-order valence-electron chi connectivity index (χ1n) is 7.43. The summed E-state index contributed by atoms with van der Waals surface area (Å²) in [6.45, 7) is 2.40. The molecular weight excluding hydrogens is 314 g/mol. The van der Waals surface area contributed by atoms with Gasteiger partial charge in [0.25, 0.3) is 5.91 Å². The number of hydrogen-bond donors (Lipinski definition) is 1. The van der Waals surface area contributed by atoms with Crippen LogP contribution in [0.1, 0.15) is 18.9 Å². The fourth-order valence-corrected chi connectivity index (χ4v) is 2.34. The topological polar surface area (TPSA) is 47.6 Å². The van der Waals surface area contributed by atoms with E-state index in [2.05, 4.69) is 5.32 Å². The van der Waals surface area contributed by atoms with Crippen molar-refractivity contribution < 1.29 is 14.3 Å². The van der Waals surface area contributed by atoms with Gasteiger partial charge in [-0.15, -0.1) is 0 Å². The zero-order valence-corrected chi connectivity index (χ0v) is 14.0. The van der Waals surface area contributed by atoms with E-state index in [1.54, 1.807) is 31.4 Å². The number of amides is 1. The molecule has 4 nitrogen and oxygen atoms in total. The van der Waals surface area contributed by atoms with Crippen LogP contribution in [-0.2, 0) is 16.1 Å². The lowest BCUT2D eigenvalue weighted by molar-refractivity contribution is -0.122. The number of carbonyl (C=O) groups excluding carboxylic acids is 1. The van der Waals surface area contributed by atoms with Crippen molar-refractivity contribution in [3.8, 4) is 5.75 Å². The van der Waals surface area contributed by atoms with Crippen molar-refractivity contribution in [3.63, 3.8) is 0 Å². The Labute approximate surface area is 141 Å². The summed E-state index contributed by atoms with van der Waals surface area (Å²) in [7, 11) is 1.64. The van der Waals surface area contributed by atoms with Gasteiger partial charge in [0.05, 0.1) is 6.61 Å². The Bertz CT molecular complexity index is 660. The number of halogens is 1. The number of carbonyl (C=O) groups is 1. The molecule has 2 aromatic carbocycles. The smallest absolute Gasteiger partial charge is 0.265 e. The van der Waals surface area contributed by atoms with Crippen LogP contribution in [-0.4, -0.2) is 19.1 Å². The van der Waals surface area contributed by atoms with E-state index in [1.165, 1.54) is 0 Å². The van der Waals surface area contributed by atoms with Gasteiger partial charge in [0, 0.05) is 17.8 Å². The SMILES string of the molecule is CC[C@H](Oc1cccc(Cl)c1)C(=O)Nc1cccc(COC)c1. The summed E-state index contributed by atoms with van der Waals surface area (Å²) >= 11 is 5.94. The van der Waals surface area contributed by atoms with Gasteiger partial charge in [-0.25, -0.2) is 0 Å². The molecule has 1 atom stereocenters. The highest BCUT2D eigenvalue weighted by molar-refractivity contribution is 6.30. The third-order valence-corrected chi connectivity index (χ3v) is 3.48. The lowest BCUT2D eigenvalue weighted by Gasteiger charge is -2.17. The summed E-state index contributed by atoms with van der Waals surface area (Å²) in [4.78, 5) is 12.4. The second-order valence-electron chi connectivity index (χ2n) is 5.09. The highest BCUT2D eigenvalue weighted by Gasteiger charge is 2.18. The molecule has 2 rings (SSSR count). The van der Waals surface area contributed by atoms with Crippen LogP contribution in [0.15, 0.2) is 48.5 Å². The average Bonchev–Trinajstić information content (AvgIpc) is 2.53. The van der Waals surface area contributed by atoms with Crippen LogP contribution in [0.5, 0.6) is 5.75 Å². The molecule has 0 spiro atoms. The quantitative estimate of drug-likeness (QED) is 0.822. The molecule has 1 amide bonds. The van der Waals surface area contributed by atoms with Gasteiger partial charge in [0.15, 0.2) is 6.10 Å². The highest BCUT2D eigenvalue weighted by atomic mass is 35.5. The van der Waals surface area contributed by atoms with Crippen LogP contribution in [0.4, 0.5) is 5.69 Å². The van der Waals surface area contributed by atoms with E-state index in [4.69, 9.17) is 21.1 Å². The molecule has 0 aromatic heterocycles. The highest BCUT2D eigenvalue weighted by Crippen LogP contribution is 2.20. The van der Waals surface area contributed by atoms with Gasteiger partial charge in [-0.05, 0) is 42.3 Å². The van der Waals surface area contributed by atoms with E-state index in [0.717, 1.165) is 11.3 Å². The van der Waals surface area contributed by atoms with E-state index in [1.807, 2.05) is 31.2 Å². The Balaban J connectivity index is 2.03. The van der Waals surface area contributed by atoms with Crippen molar-refractivity contribution in [1.29, 1.82) is 0 Å². The Morgan fingerprint density at radius 2 is 2.00 bits per heavy atom. The first kappa shape index (κ1) is 17.3. The summed E-state index contributed by atoms with van der Waals surface area (Å²) in [5.41, 5.74) is 1.71. The van der Waals surface area contributed by atoms with Crippen LogP contribution in [0, 0.1) is 0 Å². The first-order valence-corrected chi connectivity index (χ1v) is 7.81. The summed E-state index contributed by atoms with van der Waals surface area (Å²) in [5, 5.41) is 3.45. The molecule has 0 heterocycles. The molecular formula is C18H20ClNO3. The van der Waals surface area contributed by atoms with Gasteiger partial charge >= 0.3 is 0 Å². The molecule has 0 aliphatic rings. The molecule has 0 saturated carbocycles. The molecule has 23 heavy (non-hydrogen) atoms. The van der Waals surface area contributed by atoms with Crippen molar-refractivity contribution in [2.45, 2.75) is 26.1 Å². The minimum Gasteiger partial charge on any atom is -0.481 e. The molecule has 1 N–H and O–H groups in total. The molecule has 0 fully saturated rings. The summed E-state index contributed by atoms with van der Waals surface area (Å²) in [6.07, 6.45) is -0.0321. The first-order chi connectivity index (χ1) is 11.1. The molecule has 0 bridgehead atoms. The van der Waals surface area contributed by atoms with Crippen LogP contribution in [0.2, 0.25) is 5.02 Å². The van der Waals surface area contributed by atoms with Crippen LogP contribution in [0.3, 0.4) is 0 Å². The van der Waals surface area contributed by atoms with Crippen LogP contribution < -0.4 is 10.1 Å².